The Morgan fingerprint density at radius 3 is 0.909 bits per heavy atom. The number of benzene rings is 4. The molecule has 2 aliphatic carbocycles. The van der Waals surface area contributed by atoms with Gasteiger partial charge in [0.1, 0.15) is 48.6 Å². The van der Waals surface area contributed by atoms with Gasteiger partial charge < -0.3 is 61.5 Å². The predicted molar refractivity (Wildman–Crippen MR) is 504 cm³/mol. The number of carbonyl (C=O) groups is 8. The van der Waals surface area contributed by atoms with Crippen molar-refractivity contribution < 1.29 is 57.3 Å². The Morgan fingerprint density at radius 1 is 0.379 bits per heavy atom. The van der Waals surface area contributed by atoms with Crippen LogP contribution in [0.25, 0.3) is 45.6 Å². The Hall–Kier alpha value is -15.8. The van der Waals surface area contributed by atoms with E-state index in [1.807, 2.05) is 121 Å². The molecule has 0 saturated heterocycles. The van der Waals surface area contributed by atoms with Crippen molar-refractivity contribution in [3.8, 4) is 68.5 Å². The summed E-state index contributed by atoms with van der Waals surface area (Å²) in [5, 5.41) is 53.0. The van der Waals surface area contributed by atoms with Crippen LogP contribution in [0.2, 0.25) is 0 Å². The molecule has 2 aliphatic rings. The fourth-order valence-electron chi connectivity index (χ4n) is 13.3. The van der Waals surface area contributed by atoms with E-state index in [2.05, 4.69) is 124 Å². The number of pyridine rings is 4. The van der Waals surface area contributed by atoms with Crippen LogP contribution in [0.3, 0.4) is 0 Å². The number of aromatic nitrogens is 16. The highest BCUT2D eigenvalue weighted by molar-refractivity contribution is 6.06. The van der Waals surface area contributed by atoms with Gasteiger partial charge in [0.15, 0.2) is 69.4 Å². The second-order valence-electron chi connectivity index (χ2n) is 31.6. The smallest absolute Gasteiger partial charge is 0.320 e. The van der Waals surface area contributed by atoms with E-state index in [0.717, 1.165) is 37.7 Å². The number of urea groups is 4. The van der Waals surface area contributed by atoms with Crippen LogP contribution in [0.15, 0.2) is 147 Å². The Balaban J connectivity index is 0.000000170. The monoisotopic (exact) mass is 1800 g/mol. The van der Waals surface area contributed by atoms with Crippen molar-refractivity contribution in [1.82, 2.24) is 100 Å². The maximum absolute atomic E-state index is 12.6. The largest absolute Gasteiger partial charge is 0.494 e. The second-order valence-corrected chi connectivity index (χ2v) is 31.6. The van der Waals surface area contributed by atoms with Crippen LogP contribution >= 0.6 is 0 Å². The van der Waals surface area contributed by atoms with Crippen LogP contribution in [0, 0.1) is 0 Å². The van der Waals surface area contributed by atoms with E-state index in [9.17, 15) is 38.4 Å². The Morgan fingerprint density at radius 2 is 0.667 bits per heavy atom. The van der Waals surface area contributed by atoms with Crippen molar-refractivity contribution in [3.63, 3.8) is 0 Å². The third kappa shape index (κ3) is 25.8. The number of anilines is 12. The number of ketones is 4. The van der Waals surface area contributed by atoms with Crippen LogP contribution < -0.4 is 82.7 Å². The fraction of sp³-hybridized carbons (Fsp3) is 0.348. The van der Waals surface area contributed by atoms with Gasteiger partial charge in [-0.1, -0.05) is 52.0 Å². The molecule has 2 saturated carbocycles. The Kier molecular flexibility index (Phi) is 33.2. The molecule has 8 aromatic heterocycles. The lowest BCUT2D eigenvalue weighted by atomic mass is 9.93. The molecule has 0 atom stereocenters. The molecule has 8 heterocycles. The summed E-state index contributed by atoms with van der Waals surface area (Å²) in [6.07, 6.45) is 18.7. The van der Waals surface area contributed by atoms with Gasteiger partial charge in [0, 0.05) is 126 Å². The van der Waals surface area contributed by atoms with E-state index in [-0.39, 0.29) is 59.4 Å². The van der Waals surface area contributed by atoms with Gasteiger partial charge >= 0.3 is 24.1 Å². The van der Waals surface area contributed by atoms with Crippen LogP contribution in [-0.2, 0) is 27.2 Å². The van der Waals surface area contributed by atoms with Crippen molar-refractivity contribution >= 4 is 116 Å². The molecule has 0 bridgehead atoms. The molecule has 0 spiro atoms. The van der Waals surface area contributed by atoms with E-state index in [0.29, 0.717) is 193 Å². The van der Waals surface area contributed by atoms with E-state index in [1.165, 1.54) is 24.8 Å². The number of rotatable bonds is 33. The molecule has 12 aromatic rings. The van der Waals surface area contributed by atoms with E-state index in [4.69, 9.17) is 18.9 Å². The highest BCUT2D eigenvalue weighted by Gasteiger charge is 2.28. The minimum Gasteiger partial charge on any atom is -0.494 e. The third-order valence-corrected chi connectivity index (χ3v) is 20.2. The minimum absolute atomic E-state index is 0.0275. The summed E-state index contributed by atoms with van der Waals surface area (Å²) in [6.45, 7) is 21.9. The molecule has 8 amide bonds. The van der Waals surface area contributed by atoms with Crippen LogP contribution in [0.5, 0.6) is 23.0 Å². The van der Waals surface area contributed by atoms with Gasteiger partial charge in [0.05, 0.1) is 118 Å². The van der Waals surface area contributed by atoms with Crippen molar-refractivity contribution in [1.29, 1.82) is 0 Å². The molecule has 12 N–H and O–H groups in total. The van der Waals surface area contributed by atoms with E-state index >= 15 is 0 Å². The van der Waals surface area contributed by atoms with Gasteiger partial charge in [0.25, 0.3) is 0 Å². The van der Waals surface area contributed by atoms with Gasteiger partial charge in [-0.15, -0.1) is 0 Å². The maximum atomic E-state index is 12.6. The van der Waals surface area contributed by atoms with Gasteiger partial charge in [0.2, 0.25) is 0 Å². The summed E-state index contributed by atoms with van der Waals surface area (Å²) in [7, 11) is 9.83. The number of hydrogen-bond acceptors (Lipinski definition) is 28. The summed E-state index contributed by atoms with van der Waals surface area (Å²) in [6, 6.07) is 27.7. The zero-order chi connectivity index (χ0) is 94.9. The average Bonchev–Trinajstić information content (AvgIpc) is 1.50. The van der Waals surface area contributed by atoms with Gasteiger partial charge in [-0.2, -0.15) is 20.4 Å². The zero-order valence-corrected chi connectivity index (χ0v) is 76.9. The normalized spacial score (nSPS) is 12.0. The summed E-state index contributed by atoms with van der Waals surface area (Å²) in [4.78, 5) is 133. The first-order valence-electron chi connectivity index (χ1n) is 43.2. The number of Topliss-reactive ketones (excluding diaryl/α,β-unsaturated/α-hetero) is 4. The molecule has 2 fully saturated rings. The van der Waals surface area contributed by atoms with Crippen molar-refractivity contribution in [2.75, 3.05) is 71.0 Å². The molecule has 14 rings (SSSR count). The molecule has 40 nitrogen and oxygen atoms in total. The van der Waals surface area contributed by atoms with E-state index in [1.54, 1.807) is 139 Å². The number of amides is 8. The van der Waals surface area contributed by atoms with Crippen molar-refractivity contribution in [3.05, 3.63) is 169 Å². The lowest BCUT2D eigenvalue weighted by Gasteiger charge is -2.26. The molecule has 4 aromatic carbocycles. The zero-order valence-electron chi connectivity index (χ0n) is 76.9. The van der Waals surface area contributed by atoms with Gasteiger partial charge in [-0.05, 0) is 129 Å². The first kappa shape index (κ1) is 96.8. The minimum atomic E-state index is -0.406. The van der Waals surface area contributed by atoms with Crippen molar-refractivity contribution in [2.24, 2.45) is 14.1 Å². The SMILES string of the molecule is CCC(=O)c1cnc(NC(=O)NC(C)(C)C)cc1Nc1cccc(-c2ncn(C)n2)c1OC.CCC(=O)c1cnc(NC(=O)NC(C)C)cc1Nc1cccc(-c2ncn(CC)n2)c1OC.CCC(=O)c1cnc(NC(=O)NC2CC2)cc1Nc1cccc(-c2ncn(C)n2)c1OC.CCC(=O)c1cnc(NC(=O)NC2CCC2)cc1Nc1cccc(-c2ncn(CC)n2)c1OC. The number of ether oxygens (including phenoxy) is 4. The van der Waals surface area contributed by atoms with Crippen LogP contribution in [0.1, 0.15) is 175 Å². The van der Waals surface area contributed by atoms with Gasteiger partial charge in [-0.25, -0.2) is 59.0 Å². The summed E-state index contributed by atoms with van der Waals surface area (Å²) in [5.74, 6) is 5.20. The van der Waals surface area contributed by atoms with Gasteiger partial charge in [-0.3, -0.25) is 59.2 Å². The number of methoxy groups -OCH3 is 4. The topological polar surface area (TPSA) is 492 Å². The highest BCUT2D eigenvalue weighted by atomic mass is 16.5. The number of aryl methyl sites for hydroxylation is 4. The third-order valence-electron chi connectivity index (χ3n) is 20.2. The number of nitrogens with one attached hydrogen (secondary N) is 12. The lowest BCUT2D eigenvalue weighted by Crippen LogP contribution is -2.43. The quantitative estimate of drug-likeness (QED) is 0.0170. The number of para-hydroxylation sites is 4. The molecule has 132 heavy (non-hydrogen) atoms. The summed E-state index contributed by atoms with van der Waals surface area (Å²) < 4.78 is 29.4. The summed E-state index contributed by atoms with van der Waals surface area (Å²) >= 11 is 0. The number of hydrogen-bond donors (Lipinski definition) is 12. The molecule has 0 unspecified atom stereocenters. The lowest BCUT2D eigenvalue weighted by molar-refractivity contribution is 0.0980. The van der Waals surface area contributed by atoms with Crippen molar-refractivity contribution in [2.45, 2.75) is 171 Å². The number of nitrogens with zero attached hydrogens (tertiary/aromatic N) is 16. The first-order chi connectivity index (χ1) is 63.5. The van der Waals surface area contributed by atoms with E-state index < -0.39 is 11.6 Å². The fourth-order valence-corrected chi connectivity index (χ4v) is 13.3. The number of carbonyl (C=O) groups excluding carboxylic acids is 8. The maximum Gasteiger partial charge on any atom is 0.320 e. The molecular formula is C92H112N28O12. The molecule has 40 heteroatoms. The molecule has 692 valence electrons. The summed E-state index contributed by atoms with van der Waals surface area (Å²) in [5.41, 5.74) is 8.60. The molecule has 0 radical (unpaired) electrons. The standard InChI is InChI=1S/C24H29N7O3.2C23H29N7O3.C22H25N7O3/c1-4-20(32)17-13-25-21(29-24(33)27-15-8-6-9-15)12-19(17)28-18-11-7-10-16(22(18)34-3)23-26-14-31(5-2)30-23;1-7-18(31)15-12-24-19(27-22(32)28-23(2,3)4)11-17(15)26-16-10-8-9-14(20(16)33-6)21-25-13-30(5)29-21;1-6-19(31)16-12-24-20(28-23(32)26-14(3)4)11-18(16)27-17-10-8-9-15(21(17)33-5)22-25-13-30(7-2)29-22;1-4-18(30)15-11-23-19(27-22(31)25-13-8-9-13)10-17(15)26-16-7-5-6-14(20(16)32-3)21-24-12-29(2)28-21/h7,10-15H,4-6,8-9H2,1-3H3,(H3,25,27,28,29,33);8-13H,7H2,1-6H3,(H3,24,26,27,28,32);8-14H,6-7H2,1-5H3,(H3,24,26,27,28,32);5-7,10-13H,4,8-9H2,1-3H3,(H3,23,25,26,27,31). The first-order valence-corrected chi connectivity index (χ1v) is 43.2. The predicted octanol–water partition coefficient (Wildman–Crippen LogP) is 16.3. The van der Waals surface area contributed by atoms with Crippen LogP contribution in [-0.4, -0.2) is 178 Å². The Bertz CT molecular complexity index is 6110. The average molecular weight is 1800 g/mol. The highest BCUT2D eigenvalue weighted by Crippen LogP contribution is 2.43. The molecular weight excluding hydrogens is 1690 g/mol. The molecule has 0 aliphatic heterocycles. The van der Waals surface area contributed by atoms with Crippen LogP contribution in [0.4, 0.5) is 87.9 Å². The Labute approximate surface area is 763 Å². The second kappa shape index (κ2) is 45.3.